The molecule has 0 aromatic heterocycles. The number of hydrogen-bond donors (Lipinski definition) is 1. The van der Waals surface area contributed by atoms with E-state index in [4.69, 9.17) is 17.3 Å². The van der Waals surface area contributed by atoms with E-state index in [1.165, 1.54) is 0 Å². The first-order chi connectivity index (χ1) is 7.72. The molecule has 0 spiro atoms. The van der Waals surface area contributed by atoms with E-state index in [1.54, 1.807) is 0 Å². The number of hydrogen-bond acceptors (Lipinski definition) is 4. The summed E-state index contributed by atoms with van der Waals surface area (Å²) in [6, 6.07) is 0. The lowest BCUT2D eigenvalue weighted by Gasteiger charge is -2.18. The molecule has 2 atom stereocenters. The molecule has 0 amide bonds. The predicted molar refractivity (Wildman–Crippen MR) is 71.0 cm³/mol. The van der Waals surface area contributed by atoms with Gasteiger partial charge in [0.25, 0.3) is 5.70 Å². The Balaban J connectivity index is 3.03. The second-order valence-electron chi connectivity index (χ2n) is 4.76. The Kier molecular flexibility index (Phi) is 3.96. The van der Waals surface area contributed by atoms with Crippen molar-refractivity contribution in [1.29, 1.82) is 0 Å². The lowest BCUT2D eigenvalue weighted by molar-refractivity contribution is -0.428. The van der Waals surface area contributed by atoms with Crippen LogP contribution in [0.3, 0.4) is 0 Å². The summed E-state index contributed by atoms with van der Waals surface area (Å²) in [5.41, 5.74) is 8.62. The maximum atomic E-state index is 10.7. The van der Waals surface area contributed by atoms with Crippen molar-refractivity contribution < 1.29 is 4.92 Å². The van der Waals surface area contributed by atoms with E-state index in [0.29, 0.717) is 0 Å². The highest BCUT2D eigenvalue weighted by molar-refractivity contribution is 6.83. The Morgan fingerprint density at radius 2 is 2.18 bits per heavy atom. The number of nitrogens with zero attached hydrogens (tertiary/aromatic N) is 2. The molecular weight excluding hydrogens is 258 g/mol. The molecule has 0 aromatic rings. The maximum absolute atomic E-state index is 10.7. The molecule has 1 aliphatic rings. The van der Waals surface area contributed by atoms with E-state index in [0.717, 1.165) is 6.20 Å². The summed E-state index contributed by atoms with van der Waals surface area (Å²) < 4.78 is 0. The van der Waals surface area contributed by atoms with Crippen LogP contribution in [0.2, 0.25) is 19.6 Å². The average Bonchev–Trinajstić information content (AvgIpc) is 2.14. The first-order valence-electron chi connectivity index (χ1n) is 5.07. The Labute approximate surface area is 106 Å². The quantitative estimate of drug-likeness (QED) is 0.258. The molecule has 0 aromatic carbocycles. The number of amidine groups is 1. The second kappa shape index (κ2) is 4.90. The maximum Gasteiger partial charge on any atom is 0.283 e. The lowest BCUT2D eigenvalue weighted by atomic mass is 10.0. The summed E-state index contributed by atoms with van der Waals surface area (Å²) in [6.07, 6.45) is 1.10. The van der Waals surface area contributed by atoms with Crippen molar-refractivity contribution in [3.05, 3.63) is 22.0 Å². The summed E-state index contributed by atoms with van der Waals surface area (Å²) in [5, 5.41) is 9.88. The zero-order valence-corrected chi connectivity index (χ0v) is 11.7. The third kappa shape index (κ3) is 3.58. The first kappa shape index (κ1) is 13.7. The van der Waals surface area contributed by atoms with Gasteiger partial charge in [-0.05, 0) is 0 Å². The number of rotatable bonds is 1. The predicted octanol–water partition coefficient (Wildman–Crippen LogP) is 1.58. The SMILES string of the molecule is C[Si](C)(C)C#CC1C(N)=NC=C([N+](=O)[O-])C1Cl. The zero-order chi connectivity index (χ0) is 13.2. The van der Waals surface area contributed by atoms with Crippen molar-refractivity contribution in [3.8, 4) is 11.5 Å². The van der Waals surface area contributed by atoms with Gasteiger partial charge in [0.1, 0.15) is 31.4 Å². The molecule has 2 unspecified atom stereocenters. The molecule has 2 N–H and O–H groups in total. The van der Waals surface area contributed by atoms with Crippen LogP contribution < -0.4 is 5.73 Å². The number of halogens is 1. The van der Waals surface area contributed by atoms with Crippen molar-refractivity contribution in [3.63, 3.8) is 0 Å². The van der Waals surface area contributed by atoms with E-state index < -0.39 is 24.3 Å². The third-order valence-corrected chi connectivity index (χ3v) is 3.42. The van der Waals surface area contributed by atoms with Crippen LogP contribution in [0.4, 0.5) is 0 Å². The minimum absolute atomic E-state index is 0.157. The van der Waals surface area contributed by atoms with Crippen molar-refractivity contribution >= 4 is 25.5 Å². The van der Waals surface area contributed by atoms with Crippen LogP contribution >= 0.6 is 11.6 Å². The van der Waals surface area contributed by atoms with Gasteiger partial charge in [0.2, 0.25) is 0 Å². The lowest BCUT2D eigenvalue weighted by Crippen LogP contribution is -2.35. The highest BCUT2D eigenvalue weighted by Crippen LogP contribution is 2.24. The van der Waals surface area contributed by atoms with Gasteiger partial charge in [-0.3, -0.25) is 10.1 Å². The topological polar surface area (TPSA) is 81.5 Å². The van der Waals surface area contributed by atoms with Crippen LogP contribution in [0.1, 0.15) is 0 Å². The van der Waals surface area contributed by atoms with E-state index in [1.807, 2.05) is 0 Å². The van der Waals surface area contributed by atoms with Gasteiger partial charge < -0.3 is 5.73 Å². The van der Waals surface area contributed by atoms with E-state index >= 15 is 0 Å². The van der Waals surface area contributed by atoms with Gasteiger partial charge in [-0.1, -0.05) is 25.6 Å². The van der Waals surface area contributed by atoms with Gasteiger partial charge >= 0.3 is 0 Å². The van der Waals surface area contributed by atoms with E-state index in [2.05, 4.69) is 36.1 Å². The summed E-state index contributed by atoms with van der Waals surface area (Å²) >= 11 is 6.01. The van der Waals surface area contributed by atoms with Crippen LogP contribution in [0, 0.1) is 27.5 Å². The molecule has 0 saturated heterocycles. The summed E-state index contributed by atoms with van der Waals surface area (Å²) in [6.45, 7) is 6.22. The fourth-order valence-corrected chi connectivity index (χ4v) is 2.12. The summed E-state index contributed by atoms with van der Waals surface area (Å²) in [4.78, 5) is 14.0. The van der Waals surface area contributed by atoms with Crippen LogP contribution in [0.25, 0.3) is 0 Å². The number of aliphatic imine (C=N–C) groups is 1. The van der Waals surface area contributed by atoms with Gasteiger partial charge in [0.15, 0.2) is 0 Å². The van der Waals surface area contributed by atoms with Crippen molar-refractivity contribution in [2.75, 3.05) is 0 Å². The molecular formula is C10H14ClN3O2Si. The van der Waals surface area contributed by atoms with Crippen LogP contribution in [0.5, 0.6) is 0 Å². The van der Waals surface area contributed by atoms with Crippen molar-refractivity contribution in [1.82, 2.24) is 0 Å². The molecule has 0 radical (unpaired) electrons. The highest BCUT2D eigenvalue weighted by atomic mass is 35.5. The Bertz CT molecular complexity index is 456. The van der Waals surface area contributed by atoms with Crippen LogP contribution in [-0.2, 0) is 0 Å². The third-order valence-electron chi connectivity index (χ3n) is 2.05. The monoisotopic (exact) mass is 271 g/mol. The molecule has 17 heavy (non-hydrogen) atoms. The van der Waals surface area contributed by atoms with Crippen molar-refractivity contribution in [2.45, 2.75) is 25.0 Å². The molecule has 1 rings (SSSR count). The summed E-state index contributed by atoms with van der Waals surface area (Å²) in [7, 11) is -1.57. The molecule has 0 fully saturated rings. The first-order valence-corrected chi connectivity index (χ1v) is 9.00. The molecule has 0 saturated carbocycles. The van der Waals surface area contributed by atoms with Crippen LogP contribution in [0.15, 0.2) is 16.9 Å². The Hall–Kier alpha value is -1.32. The fraction of sp³-hybridized carbons (Fsp3) is 0.500. The normalized spacial score (nSPS) is 24.2. The molecule has 0 aliphatic carbocycles. The fourth-order valence-electron chi connectivity index (χ4n) is 1.20. The zero-order valence-electron chi connectivity index (χ0n) is 9.90. The highest BCUT2D eigenvalue weighted by Gasteiger charge is 2.35. The van der Waals surface area contributed by atoms with E-state index in [-0.39, 0.29) is 11.5 Å². The second-order valence-corrected chi connectivity index (χ2v) is 9.98. The molecule has 5 nitrogen and oxygen atoms in total. The molecule has 1 heterocycles. The largest absolute Gasteiger partial charge is 0.386 e. The smallest absolute Gasteiger partial charge is 0.283 e. The minimum Gasteiger partial charge on any atom is -0.386 e. The number of allylic oxidation sites excluding steroid dienone is 1. The average molecular weight is 272 g/mol. The van der Waals surface area contributed by atoms with Crippen LogP contribution in [-0.4, -0.2) is 24.2 Å². The Morgan fingerprint density at radius 1 is 1.59 bits per heavy atom. The van der Waals surface area contributed by atoms with Gasteiger partial charge in [-0.15, -0.1) is 17.1 Å². The number of nitrogens with two attached hydrogens (primary N) is 1. The van der Waals surface area contributed by atoms with Gasteiger partial charge in [-0.2, -0.15) is 0 Å². The molecule has 7 heteroatoms. The minimum atomic E-state index is -1.57. The Morgan fingerprint density at radius 3 is 2.65 bits per heavy atom. The molecule has 1 aliphatic heterocycles. The summed E-state index contributed by atoms with van der Waals surface area (Å²) in [5.74, 6) is 2.59. The number of alkyl halides is 1. The van der Waals surface area contributed by atoms with Gasteiger partial charge in [-0.25, -0.2) is 4.99 Å². The molecule has 0 bridgehead atoms. The van der Waals surface area contributed by atoms with Gasteiger partial charge in [0.05, 0.1) is 4.92 Å². The standard InChI is InChI=1S/C10H14ClN3O2Si/c1-17(2,3)5-4-7-9(11)8(14(15)16)6-13-10(7)12/h6-7,9H,1-3H3,(H2,12,13). The number of nitro groups is 1. The van der Waals surface area contributed by atoms with Crippen molar-refractivity contribution in [2.24, 2.45) is 16.6 Å². The van der Waals surface area contributed by atoms with Gasteiger partial charge in [0, 0.05) is 0 Å². The van der Waals surface area contributed by atoms with E-state index in [9.17, 15) is 10.1 Å². The molecule has 92 valence electrons.